The Bertz CT molecular complexity index is 658. The molecule has 1 aromatic heterocycles. The highest BCUT2D eigenvalue weighted by Crippen LogP contribution is 2.36. The number of hydrazine groups is 1. The van der Waals surface area contributed by atoms with Crippen molar-refractivity contribution in [1.29, 1.82) is 0 Å². The Morgan fingerprint density at radius 3 is 2.57 bits per heavy atom. The summed E-state index contributed by atoms with van der Waals surface area (Å²) in [7, 11) is 1.59. The Labute approximate surface area is 129 Å². The monoisotopic (exact) mass is 306 g/mol. The van der Waals surface area contributed by atoms with Crippen LogP contribution >= 0.6 is 11.6 Å². The van der Waals surface area contributed by atoms with Crippen molar-refractivity contribution >= 4 is 17.4 Å². The molecule has 2 aromatic rings. The van der Waals surface area contributed by atoms with Crippen molar-refractivity contribution in [2.24, 2.45) is 5.84 Å². The molecule has 6 heteroatoms. The number of methoxy groups -OCH3 is 1. The van der Waals surface area contributed by atoms with Crippen molar-refractivity contribution < 1.29 is 4.74 Å². The molecule has 0 aliphatic carbocycles. The first-order valence-corrected chi connectivity index (χ1v) is 7.05. The Balaban J connectivity index is 2.69. The van der Waals surface area contributed by atoms with Gasteiger partial charge in [0.25, 0.3) is 0 Å². The van der Waals surface area contributed by atoms with Gasteiger partial charge < -0.3 is 10.2 Å². The maximum Gasteiger partial charge on any atom is 0.167 e. The van der Waals surface area contributed by atoms with E-state index in [1.165, 1.54) is 0 Å². The largest absolute Gasteiger partial charge is 0.496 e. The number of anilines is 1. The molecular formula is C15H19ClN4O. The molecule has 5 nitrogen and oxygen atoms in total. The molecule has 2 rings (SSSR count). The van der Waals surface area contributed by atoms with E-state index < -0.39 is 0 Å². The highest BCUT2D eigenvalue weighted by molar-refractivity contribution is 6.33. The molecule has 0 atom stereocenters. The SMILES string of the molecule is COc1cccc(Cl)c1-c1nc(C)c(C(C)C)c(NN)n1. The van der Waals surface area contributed by atoms with Gasteiger partial charge in [-0.15, -0.1) is 0 Å². The zero-order chi connectivity index (χ0) is 15.6. The van der Waals surface area contributed by atoms with Gasteiger partial charge in [-0.05, 0) is 25.0 Å². The maximum absolute atomic E-state index is 6.28. The predicted octanol–water partition coefficient (Wildman–Crippen LogP) is 3.52. The Hall–Kier alpha value is -1.85. The number of hydrogen-bond donors (Lipinski definition) is 2. The van der Waals surface area contributed by atoms with Crippen LogP contribution in [0.25, 0.3) is 11.4 Å². The Morgan fingerprint density at radius 2 is 2.00 bits per heavy atom. The summed E-state index contributed by atoms with van der Waals surface area (Å²) in [6.07, 6.45) is 0. The molecule has 0 radical (unpaired) electrons. The lowest BCUT2D eigenvalue weighted by atomic mass is 10.0. The number of nitrogens with zero attached hydrogens (tertiary/aromatic N) is 2. The number of aromatic nitrogens is 2. The summed E-state index contributed by atoms with van der Waals surface area (Å²) < 4.78 is 5.36. The number of nitrogens with two attached hydrogens (primary N) is 1. The summed E-state index contributed by atoms with van der Waals surface area (Å²) in [5, 5.41) is 0.536. The molecule has 0 amide bonds. The van der Waals surface area contributed by atoms with E-state index in [1.807, 2.05) is 19.1 Å². The normalized spacial score (nSPS) is 10.8. The second-order valence-electron chi connectivity index (χ2n) is 5.01. The van der Waals surface area contributed by atoms with E-state index in [-0.39, 0.29) is 5.92 Å². The third-order valence-corrected chi connectivity index (χ3v) is 3.58. The smallest absolute Gasteiger partial charge is 0.167 e. The average molecular weight is 307 g/mol. The van der Waals surface area contributed by atoms with Crippen LogP contribution in [0.15, 0.2) is 18.2 Å². The first kappa shape index (κ1) is 15.5. The zero-order valence-electron chi connectivity index (χ0n) is 12.6. The minimum Gasteiger partial charge on any atom is -0.496 e. The fraction of sp³-hybridized carbons (Fsp3) is 0.333. The van der Waals surface area contributed by atoms with Gasteiger partial charge in [0.1, 0.15) is 11.6 Å². The van der Waals surface area contributed by atoms with E-state index in [0.717, 1.165) is 11.3 Å². The molecule has 0 unspecified atom stereocenters. The van der Waals surface area contributed by atoms with Crippen molar-refractivity contribution in [3.05, 3.63) is 34.5 Å². The Morgan fingerprint density at radius 1 is 1.29 bits per heavy atom. The number of benzene rings is 1. The molecule has 0 spiro atoms. The van der Waals surface area contributed by atoms with E-state index in [4.69, 9.17) is 22.2 Å². The lowest BCUT2D eigenvalue weighted by molar-refractivity contribution is 0.416. The summed E-state index contributed by atoms with van der Waals surface area (Å²) in [5.74, 6) is 7.60. The maximum atomic E-state index is 6.28. The predicted molar refractivity (Wildman–Crippen MR) is 85.7 cm³/mol. The molecule has 21 heavy (non-hydrogen) atoms. The fourth-order valence-corrected chi connectivity index (χ4v) is 2.64. The number of hydrogen-bond acceptors (Lipinski definition) is 5. The van der Waals surface area contributed by atoms with Crippen LogP contribution in [0.4, 0.5) is 5.82 Å². The molecule has 0 saturated carbocycles. The van der Waals surface area contributed by atoms with E-state index in [9.17, 15) is 0 Å². The highest BCUT2D eigenvalue weighted by atomic mass is 35.5. The van der Waals surface area contributed by atoms with E-state index in [2.05, 4.69) is 29.2 Å². The first-order valence-electron chi connectivity index (χ1n) is 6.67. The van der Waals surface area contributed by atoms with Crippen LogP contribution in [0.3, 0.4) is 0 Å². The van der Waals surface area contributed by atoms with Crippen molar-refractivity contribution in [3.8, 4) is 17.1 Å². The van der Waals surface area contributed by atoms with Crippen LogP contribution in [-0.2, 0) is 0 Å². The van der Waals surface area contributed by atoms with Crippen molar-refractivity contribution in [3.63, 3.8) is 0 Å². The van der Waals surface area contributed by atoms with Crippen LogP contribution in [0, 0.1) is 6.92 Å². The molecule has 112 valence electrons. The number of ether oxygens (including phenoxy) is 1. The quantitative estimate of drug-likeness (QED) is 0.668. The van der Waals surface area contributed by atoms with Gasteiger partial charge in [0.2, 0.25) is 0 Å². The van der Waals surface area contributed by atoms with Gasteiger partial charge in [-0.2, -0.15) is 0 Å². The van der Waals surface area contributed by atoms with Gasteiger partial charge in [-0.1, -0.05) is 31.5 Å². The molecule has 0 saturated heterocycles. The summed E-state index contributed by atoms with van der Waals surface area (Å²) in [6.45, 7) is 6.08. The molecule has 3 N–H and O–H groups in total. The molecular weight excluding hydrogens is 288 g/mol. The van der Waals surface area contributed by atoms with Crippen LogP contribution < -0.4 is 16.0 Å². The van der Waals surface area contributed by atoms with E-state index in [1.54, 1.807) is 13.2 Å². The van der Waals surface area contributed by atoms with Gasteiger partial charge >= 0.3 is 0 Å². The second kappa shape index (κ2) is 6.28. The summed E-state index contributed by atoms with van der Waals surface area (Å²) in [5.41, 5.74) is 5.17. The van der Waals surface area contributed by atoms with Gasteiger partial charge in [0.05, 0.1) is 17.7 Å². The van der Waals surface area contributed by atoms with Crippen LogP contribution in [0.1, 0.15) is 31.0 Å². The number of nitrogens with one attached hydrogen (secondary N) is 1. The summed E-state index contributed by atoms with van der Waals surface area (Å²) in [6, 6.07) is 5.43. The topological polar surface area (TPSA) is 73.1 Å². The molecule has 1 aromatic carbocycles. The summed E-state index contributed by atoms with van der Waals surface area (Å²) >= 11 is 6.28. The first-order chi connectivity index (χ1) is 9.99. The van der Waals surface area contributed by atoms with Gasteiger partial charge in [0.15, 0.2) is 5.82 Å². The van der Waals surface area contributed by atoms with Crippen molar-refractivity contribution in [2.45, 2.75) is 26.7 Å². The third-order valence-electron chi connectivity index (χ3n) is 3.27. The van der Waals surface area contributed by atoms with Gasteiger partial charge in [0, 0.05) is 11.3 Å². The lowest BCUT2D eigenvalue weighted by Gasteiger charge is -2.16. The van der Waals surface area contributed by atoms with Crippen molar-refractivity contribution in [2.75, 3.05) is 12.5 Å². The van der Waals surface area contributed by atoms with Crippen LogP contribution in [0.5, 0.6) is 5.75 Å². The Kier molecular flexibility index (Phi) is 4.65. The number of halogens is 1. The van der Waals surface area contributed by atoms with Crippen LogP contribution in [-0.4, -0.2) is 17.1 Å². The van der Waals surface area contributed by atoms with Crippen LogP contribution in [0.2, 0.25) is 5.02 Å². The van der Waals surface area contributed by atoms with Gasteiger partial charge in [-0.3, -0.25) is 0 Å². The number of aryl methyl sites for hydroxylation is 1. The second-order valence-corrected chi connectivity index (χ2v) is 5.42. The fourth-order valence-electron chi connectivity index (χ4n) is 2.39. The zero-order valence-corrected chi connectivity index (χ0v) is 13.3. The molecule has 0 aliphatic rings. The number of rotatable bonds is 4. The van der Waals surface area contributed by atoms with Gasteiger partial charge in [-0.25, -0.2) is 15.8 Å². The average Bonchev–Trinajstić information content (AvgIpc) is 2.45. The van der Waals surface area contributed by atoms with E-state index >= 15 is 0 Å². The standard InChI is InChI=1S/C15H19ClN4O/c1-8(2)12-9(3)18-14(19-15(12)20-17)13-10(16)6-5-7-11(13)21-4/h5-8H,17H2,1-4H3,(H,18,19,20). The minimum atomic E-state index is 0.262. The minimum absolute atomic E-state index is 0.262. The molecule has 1 heterocycles. The highest BCUT2D eigenvalue weighted by Gasteiger charge is 2.18. The van der Waals surface area contributed by atoms with Crippen molar-refractivity contribution in [1.82, 2.24) is 9.97 Å². The molecule has 0 aliphatic heterocycles. The lowest BCUT2D eigenvalue weighted by Crippen LogP contribution is -2.14. The molecule has 0 bridgehead atoms. The van der Waals surface area contributed by atoms with E-state index in [0.29, 0.717) is 28.0 Å². The summed E-state index contributed by atoms with van der Waals surface area (Å²) in [4.78, 5) is 9.07. The molecule has 0 fully saturated rings. The number of nitrogen functional groups attached to an aromatic ring is 1. The third kappa shape index (κ3) is 2.94.